The molecule has 0 amide bonds. The topological polar surface area (TPSA) is 74.7 Å². The molecule has 3 rings (SSSR count). The Morgan fingerprint density at radius 3 is 2.76 bits per heavy atom. The number of hydrogen-bond acceptors (Lipinski definition) is 4. The summed E-state index contributed by atoms with van der Waals surface area (Å²) in [4.78, 5) is 4.30. The van der Waals surface area contributed by atoms with Crippen molar-refractivity contribution in [1.82, 2.24) is 4.98 Å². The number of anilines is 3. The third-order valence-electron chi connectivity index (χ3n) is 3.13. The van der Waals surface area contributed by atoms with Crippen LogP contribution >= 0.6 is 11.6 Å². The molecule has 0 bridgehead atoms. The lowest BCUT2D eigenvalue weighted by atomic mass is 10.1. The molecule has 0 spiro atoms. The first-order valence-corrected chi connectivity index (χ1v) is 6.66. The van der Waals surface area contributed by atoms with E-state index in [1.165, 1.54) is 0 Å². The summed E-state index contributed by atoms with van der Waals surface area (Å²) in [6.45, 7) is 0. The fraction of sp³-hybridized carbons (Fsp3) is 0. The van der Waals surface area contributed by atoms with Crippen molar-refractivity contribution in [3.63, 3.8) is 0 Å². The summed E-state index contributed by atoms with van der Waals surface area (Å²) in [7, 11) is 0. The number of aromatic nitrogens is 1. The highest BCUT2D eigenvalue weighted by atomic mass is 35.5. The molecular weight excluding hydrogens is 284 g/mol. The van der Waals surface area contributed by atoms with Gasteiger partial charge < -0.3 is 11.1 Å². The smallest absolute Gasteiger partial charge is 0.0992 e. The van der Waals surface area contributed by atoms with Crippen LogP contribution in [0.5, 0.6) is 0 Å². The van der Waals surface area contributed by atoms with Gasteiger partial charge in [0.2, 0.25) is 0 Å². The molecule has 0 radical (unpaired) electrons. The van der Waals surface area contributed by atoms with Gasteiger partial charge in [-0.15, -0.1) is 0 Å². The molecule has 0 saturated carbocycles. The average molecular weight is 295 g/mol. The Morgan fingerprint density at radius 1 is 1.10 bits per heavy atom. The van der Waals surface area contributed by atoms with Crippen molar-refractivity contribution in [1.29, 1.82) is 5.26 Å². The molecule has 0 saturated heterocycles. The molecule has 0 aliphatic carbocycles. The maximum absolute atomic E-state index is 8.98. The summed E-state index contributed by atoms with van der Waals surface area (Å²) in [5.74, 6) is 0. The number of nitrogens with zero attached hydrogens (tertiary/aromatic N) is 2. The number of nitrogen functional groups attached to an aromatic ring is 1. The molecule has 1 heterocycles. The standard InChI is InChI=1S/C16H11ClN4/c17-13-4-1-10(9-18)7-16(13)21-14-5-6-20-15-8-11(19)2-3-12(14)15/h1-8H,19H2,(H,20,21). The zero-order valence-electron chi connectivity index (χ0n) is 11.0. The summed E-state index contributed by atoms with van der Waals surface area (Å²) in [5.41, 5.74) is 9.32. The lowest BCUT2D eigenvalue weighted by Crippen LogP contribution is -1.95. The Labute approximate surface area is 126 Å². The number of nitrogens with one attached hydrogen (secondary N) is 1. The second-order valence-electron chi connectivity index (χ2n) is 4.57. The zero-order valence-corrected chi connectivity index (χ0v) is 11.7. The first-order chi connectivity index (χ1) is 10.2. The van der Waals surface area contributed by atoms with Crippen LogP contribution < -0.4 is 11.1 Å². The van der Waals surface area contributed by atoms with Gasteiger partial charge in [0.05, 0.1) is 27.9 Å². The van der Waals surface area contributed by atoms with E-state index in [9.17, 15) is 0 Å². The molecule has 0 fully saturated rings. The van der Waals surface area contributed by atoms with Crippen molar-refractivity contribution in [2.75, 3.05) is 11.1 Å². The molecular formula is C16H11ClN4. The second kappa shape index (κ2) is 5.31. The summed E-state index contributed by atoms with van der Waals surface area (Å²) < 4.78 is 0. The second-order valence-corrected chi connectivity index (χ2v) is 4.97. The van der Waals surface area contributed by atoms with Crippen LogP contribution in [0.2, 0.25) is 5.02 Å². The first-order valence-electron chi connectivity index (χ1n) is 6.28. The minimum absolute atomic E-state index is 0.546. The van der Waals surface area contributed by atoms with Crippen LogP contribution in [0, 0.1) is 11.3 Å². The molecule has 3 aromatic rings. The van der Waals surface area contributed by atoms with E-state index in [0.717, 1.165) is 16.6 Å². The van der Waals surface area contributed by atoms with E-state index in [4.69, 9.17) is 22.6 Å². The SMILES string of the molecule is N#Cc1ccc(Cl)c(Nc2ccnc3cc(N)ccc23)c1. The fourth-order valence-electron chi connectivity index (χ4n) is 2.11. The molecule has 1 aromatic heterocycles. The highest BCUT2D eigenvalue weighted by molar-refractivity contribution is 6.33. The molecule has 102 valence electrons. The van der Waals surface area contributed by atoms with Gasteiger partial charge in [-0.25, -0.2) is 0 Å². The fourth-order valence-corrected chi connectivity index (χ4v) is 2.27. The number of halogens is 1. The third kappa shape index (κ3) is 2.60. The number of fused-ring (bicyclic) bond motifs is 1. The third-order valence-corrected chi connectivity index (χ3v) is 3.46. The van der Waals surface area contributed by atoms with E-state index in [1.807, 2.05) is 24.3 Å². The maximum atomic E-state index is 8.98. The van der Waals surface area contributed by atoms with E-state index in [1.54, 1.807) is 24.4 Å². The first kappa shape index (κ1) is 13.2. The van der Waals surface area contributed by atoms with Crippen molar-refractivity contribution in [2.24, 2.45) is 0 Å². The van der Waals surface area contributed by atoms with Crippen LogP contribution in [0.25, 0.3) is 10.9 Å². The van der Waals surface area contributed by atoms with Gasteiger partial charge in [-0.3, -0.25) is 4.98 Å². The number of nitriles is 1. The van der Waals surface area contributed by atoms with Gasteiger partial charge in [-0.05, 0) is 42.5 Å². The van der Waals surface area contributed by atoms with Crippen LogP contribution in [0.4, 0.5) is 17.1 Å². The van der Waals surface area contributed by atoms with Crippen LogP contribution in [-0.4, -0.2) is 4.98 Å². The average Bonchev–Trinajstić information content (AvgIpc) is 2.49. The molecule has 3 N–H and O–H groups in total. The number of rotatable bonds is 2. The lowest BCUT2D eigenvalue weighted by Gasteiger charge is -2.11. The monoisotopic (exact) mass is 294 g/mol. The summed E-state index contributed by atoms with van der Waals surface area (Å²) >= 11 is 6.17. The molecule has 5 heteroatoms. The quantitative estimate of drug-likeness (QED) is 0.698. The number of hydrogen-bond donors (Lipinski definition) is 2. The molecule has 0 aliphatic heterocycles. The van der Waals surface area contributed by atoms with Crippen molar-refractivity contribution in [2.45, 2.75) is 0 Å². The minimum Gasteiger partial charge on any atom is -0.399 e. The highest BCUT2D eigenvalue weighted by Crippen LogP contribution is 2.30. The van der Waals surface area contributed by atoms with Crippen LogP contribution in [0.3, 0.4) is 0 Å². The molecule has 0 atom stereocenters. The Kier molecular flexibility index (Phi) is 3.35. The van der Waals surface area contributed by atoms with Crippen molar-refractivity contribution in [3.05, 3.63) is 59.2 Å². The normalized spacial score (nSPS) is 10.3. The largest absolute Gasteiger partial charge is 0.399 e. The number of pyridine rings is 1. The highest BCUT2D eigenvalue weighted by Gasteiger charge is 2.06. The lowest BCUT2D eigenvalue weighted by molar-refractivity contribution is 1.40. The predicted molar refractivity (Wildman–Crippen MR) is 85.6 cm³/mol. The zero-order chi connectivity index (χ0) is 14.8. The van der Waals surface area contributed by atoms with E-state index in [-0.39, 0.29) is 0 Å². The van der Waals surface area contributed by atoms with E-state index in [0.29, 0.717) is 22.0 Å². The Hall–Kier alpha value is -2.77. The van der Waals surface area contributed by atoms with Gasteiger partial charge in [-0.2, -0.15) is 5.26 Å². The van der Waals surface area contributed by atoms with Crippen molar-refractivity contribution < 1.29 is 0 Å². The van der Waals surface area contributed by atoms with Gasteiger partial charge in [0.1, 0.15) is 0 Å². The van der Waals surface area contributed by atoms with Gasteiger partial charge >= 0.3 is 0 Å². The number of benzene rings is 2. The van der Waals surface area contributed by atoms with Gasteiger partial charge in [-0.1, -0.05) is 11.6 Å². The Morgan fingerprint density at radius 2 is 1.95 bits per heavy atom. The van der Waals surface area contributed by atoms with E-state index < -0.39 is 0 Å². The van der Waals surface area contributed by atoms with Crippen LogP contribution in [0.15, 0.2) is 48.7 Å². The van der Waals surface area contributed by atoms with E-state index in [2.05, 4.69) is 16.4 Å². The Balaban J connectivity index is 2.08. The molecule has 2 aromatic carbocycles. The molecule has 0 aliphatic rings. The predicted octanol–water partition coefficient (Wildman–Crippen LogP) is 4.09. The van der Waals surface area contributed by atoms with Crippen molar-refractivity contribution in [3.8, 4) is 6.07 Å². The molecule has 4 nitrogen and oxygen atoms in total. The van der Waals surface area contributed by atoms with Gasteiger partial charge in [0.25, 0.3) is 0 Å². The maximum Gasteiger partial charge on any atom is 0.0992 e. The van der Waals surface area contributed by atoms with Crippen molar-refractivity contribution >= 4 is 39.6 Å². The minimum atomic E-state index is 0.546. The van der Waals surface area contributed by atoms with E-state index >= 15 is 0 Å². The molecule has 0 unspecified atom stereocenters. The number of nitrogens with two attached hydrogens (primary N) is 1. The molecule has 21 heavy (non-hydrogen) atoms. The Bertz CT molecular complexity index is 868. The summed E-state index contributed by atoms with van der Waals surface area (Å²) in [6, 6.07) is 14.6. The summed E-state index contributed by atoms with van der Waals surface area (Å²) in [5, 5.41) is 13.7. The summed E-state index contributed by atoms with van der Waals surface area (Å²) in [6.07, 6.45) is 1.70. The van der Waals surface area contributed by atoms with Crippen LogP contribution in [0.1, 0.15) is 5.56 Å². The van der Waals surface area contributed by atoms with Gasteiger partial charge in [0.15, 0.2) is 0 Å². The van der Waals surface area contributed by atoms with Gasteiger partial charge in [0, 0.05) is 23.0 Å². The van der Waals surface area contributed by atoms with Crippen LogP contribution in [-0.2, 0) is 0 Å².